The SMILES string of the molecule is COC1CCCN(C(=N)C(C)C)C1. The average molecular weight is 184 g/mol. The van der Waals surface area contributed by atoms with Gasteiger partial charge < -0.3 is 9.64 Å². The summed E-state index contributed by atoms with van der Waals surface area (Å²) in [6.07, 6.45) is 2.61. The number of likely N-dealkylation sites (tertiary alicyclic amines) is 1. The second kappa shape index (κ2) is 4.61. The van der Waals surface area contributed by atoms with Gasteiger partial charge in [0.1, 0.15) is 0 Å². The largest absolute Gasteiger partial charge is 0.380 e. The van der Waals surface area contributed by atoms with Crippen LogP contribution in [0.15, 0.2) is 0 Å². The van der Waals surface area contributed by atoms with Crippen LogP contribution in [-0.2, 0) is 4.74 Å². The highest BCUT2D eigenvalue weighted by Crippen LogP contribution is 2.14. The average Bonchev–Trinajstić information content (AvgIpc) is 2.16. The molecular weight excluding hydrogens is 164 g/mol. The van der Waals surface area contributed by atoms with Crippen LogP contribution in [0.3, 0.4) is 0 Å². The van der Waals surface area contributed by atoms with Crippen molar-refractivity contribution in [1.82, 2.24) is 4.90 Å². The van der Waals surface area contributed by atoms with Crippen LogP contribution in [0.4, 0.5) is 0 Å². The minimum absolute atomic E-state index is 0.327. The quantitative estimate of drug-likeness (QED) is 0.524. The number of ether oxygens (including phenoxy) is 1. The lowest BCUT2D eigenvalue weighted by Crippen LogP contribution is -2.44. The molecule has 3 nitrogen and oxygen atoms in total. The first-order valence-electron chi connectivity index (χ1n) is 5.01. The summed E-state index contributed by atoms with van der Waals surface area (Å²) in [7, 11) is 1.76. The number of nitrogens with zero attached hydrogens (tertiary/aromatic N) is 1. The molecule has 1 aliphatic rings. The molecule has 1 unspecified atom stereocenters. The molecule has 0 saturated carbocycles. The molecule has 1 saturated heterocycles. The normalized spacial score (nSPS) is 23.7. The van der Waals surface area contributed by atoms with E-state index in [-0.39, 0.29) is 0 Å². The molecule has 0 amide bonds. The number of hydrogen-bond donors (Lipinski definition) is 1. The molecule has 1 rings (SSSR count). The van der Waals surface area contributed by atoms with E-state index < -0.39 is 0 Å². The van der Waals surface area contributed by atoms with Crippen LogP contribution in [0.2, 0.25) is 0 Å². The molecule has 0 aliphatic carbocycles. The zero-order valence-corrected chi connectivity index (χ0v) is 8.84. The van der Waals surface area contributed by atoms with Crippen molar-refractivity contribution in [2.24, 2.45) is 5.92 Å². The molecule has 0 aromatic rings. The van der Waals surface area contributed by atoms with Crippen LogP contribution in [0.1, 0.15) is 26.7 Å². The highest BCUT2D eigenvalue weighted by atomic mass is 16.5. The standard InChI is InChI=1S/C10H20N2O/c1-8(2)10(11)12-6-4-5-9(7-12)13-3/h8-9,11H,4-7H2,1-3H3. The molecule has 0 bridgehead atoms. The molecule has 1 N–H and O–H groups in total. The van der Waals surface area contributed by atoms with Gasteiger partial charge in [0.05, 0.1) is 11.9 Å². The van der Waals surface area contributed by atoms with E-state index in [4.69, 9.17) is 10.1 Å². The van der Waals surface area contributed by atoms with Crippen molar-refractivity contribution in [2.75, 3.05) is 20.2 Å². The van der Waals surface area contributed by atoms with Gasteiger partial charge in [-0.05, 0) is 12.8 Å². The zero-order chi connectivity index (χ0) is 9.84. The summed E-state index contributed by atoms with van der Waals surface area (Å²) in [6.45, 7) is 6.06. The fraction of sp³-hybridized carbons (Fsp3) is 0.900. The van der Waals surface area contributed by atoms with Gasteiger partial charge >= 0.3 is 0 Å². The Morgan fingerprint density at radius 3 is 2.77 bits per heavy atom. The summed E-state index contributed by atoms with van der Waals surface area (Å²) in [5.74, 6) is 1.08. The van der Waals surface area contributed by atoms with Crippen LogP contribution < -0.4 is 0 Å². The second-order valence-corrected chi connectivity index (χ2v) is 3.99. The fourth-order valence-electron chi connectivity index (χ4n) is 1.71. The summed E-state index contributed by atoms with van der Waals surface area (Å²) in [6, 6.07) is 0. The lowest BCUT2D eigenvalue weighted by atomic mass is 10.1. The number of hydrogen-bond acceptors (Lipinski definition) is 2. The predicted octanol–water partition coefficient (Wildman–Crippen LogP) is 1.73. The maximum absolute atomic E-state index is 7.87. The first-order chi connectivity index (χ1) is 6.15. The van der Waals surface area contributed by atoms with Gasteiger partial charge in [0.2, 0.25) is 0 Å². The Hall–Kier alpha value is -0.570. The van der Waals surface area contributed by atoms with Gasteiger partial charge in [-0.15, -0.1) is 0 Å². The van der Waals surface area contributed by atoms with E-state index in [9.17, 15) is 0 Å². The molecule has 0 aromatic carbocycles. The highest BCUT2D eigenvalue weighted by Gasteiger charge is 2.22. The topological polar surface area (TPSA) is 36.3 Å². The molecule has 76 valence electrons. The van der Waals surface area contributed by atoms with E-state index in [1.807, 2.05) is 0 Å². The monoisotopic (exact) mass is 184 g/mol. The first-order valence-corrected chi connectivity index (χ1v) is 5.01. The number of nitrogens with one attached hydrogen (secondary N) is 1. The van der Waals surface area contributed by atoms with Gasteiger partial charge in [0.25, 0.3) is 0 Å². The number of amidine groups is 1. The Balaban J connectivity index is 2.46. The Morgan fingerprint density at radius 2 is 2.23 bits per heavy atom. The summed E-state index contributed by atoms with van der Waals surface area (Å²) >= 11 is 0. The molecule has 13 heavy (non-hydrogen) atoms. The van der Waals surface area contributed by atoms with E-state index in [2.05, 4.69) is 18.7 Å². The fourth-order valence-corrected chi connectivity index (χ4v) is 1.71. The maximum Gasteiger partial charge on any atom is 0.0984 e. The molecule has 1 atom stereocenters. The van der Waals surface area contributed by atoms with Crippen LogP contribution in [0, 0.1) is 11.3 Å². The lowest BCUT2D eigenvalue weighted by molar-refractivity contribution is 0.0522. The minimum Gasteiger partial charge on any atom is -0.380 e. The third-order valence-electron chi connectivity index (χ3n) is 2.60. The highest BCUT2D eigenvalue weighted by molar-refractivity contribution is 5.81. The Bertz CT molecular complexity index is 180. The van der Waals surface area contributed by atoms with Crippen molar-refractivity contribution in [3.05, 3.63) is 0 Å². The number of rotatable bonds is 2. The third-order valence-corrected chi connectivity index (χ3v) is 2.60. The van der Waals surface area contributed by atoms with Crippen LogP contribution >= 0.6 is 0 Å². The van der Waals surface area contributed by atoms with Crippen LogP contribution in [0.25, 0.3) is 0 Å². The Kier molecular flexibility index (Phi) is 3.72. The molecular formula is C10H20N2O. The van der Waals surface area contributed by atoms with Crippen molar-refractivity contribution in [1.29, 1.82) is 5.41 Å². The maximum atomic E-state index is 7.87. The molecule has 0 aromatic heterocycles. The zero-order valence-electron chi connectivity index (χ0n) is 8.84. The van der Waals surface area contributed by atoms with Gasteiger partial charge in [-0.1, -0.05) is 13.8 Å². The van der Waals surface area contributed by atoms with Gasteiger partial charge in [-0.3, -0.25) is 5.41 Å². The van der Waals surface area contributed by atoms with Gasteiger partial charge in [-0.2, -0.15) is 0 Å². The summed E-state index contributed by atoms with van der Waals surface area (Å²) in [5.41, 5.74) is 0. The lowest BCUT2D eigenvalue weighted by Gasteiger charge is -2.34. The predicted molar refractivity (Wildman–Crippen MR) is 54.2 cm³/mol. The molecule has 0 radical (unpaired) electrons. The number of methoxy groups -OCH3 is 1. The molecule has 1 heterocycles. The van der Waals surface area contributed by atoms with E-state index in [0.717, 1.165) is 31.8 Å². The van der Waals surface area contributed by atoms with Crippen molar-refractivity contribution in [3.63, 3.8) is 0 Å². The van der Waals surface area contributed by atoms with Gasteiger partial charge in [-0.25, -0.2) is 0 Å². The Labute approximate surface area is 80.6 Å². The van der Waals surface area contributed by atoms with E-state index in [1.165, 1.54) is 0 Å². The van der Waals surface area contributed by atoms with Crippen molar-refractivity contribution >= 4 is 5.84 Å². The number of piperidine rings is 1. The molecule has 1 fully saturated rings. The smallest absolute Gasteiger partial charge is 0.0984 e. The Morgan fingerprint density at radius 1 is 1.54 bits per heavy atom. The first kappa shape index (κ1) is 10.5. The summed E-state index contributed by atoms with van der Waals surface area (Å²) < 4.78 is 5.31. The third kappa shape index (κ3) is 2.69. The van der Waals surface area contributed by atoms with Gasteiger partial charge in [0.15, 0.2) is 0 Å². The summed E-state index contributed by atoms with van der Waals surface area (Å²) in [5, 5.41) is 7.87. The van der Waals surface area contributed by atoms with E-state index in [1.54, 1.807) is 7.11 Å². The van der Waals surface area contributed by atoms with Crippen LogP contribution in [0.5, 0.6) is 0 Å². The molecule has 1 aliphatic heterocycles. The second-order valence-electron chi connectivity index (χ2n) is 3.99. The minimum atomic E-state index is 0.327. The van der Waals surface area contributed by atoms with E-state index >= 15 is 0 Å². The van der Waals surface area contributed by atoms with Crippen molar-refractivity contribution < 1.29 is 4.74 Å². The summed E-state index contributed by atoms with van der Waals surface area (Å²) in [4.78, 5) is 2.14. The van der Waals surface area contributed by atoms with Crippen molar-refractivity contribution in [2.45, 2.75) is 32.8 Å². The van der Waals surface area contributed by atoms with Crippen molar-refractivity contribution in [3.8, 4) is 0 Å². The van der Waals surface area contributed by atoms with Gasteiger partial charge in [0, 0.05) is 26.1 Å². The molecule has 3 heteroatoms. The van der Waals surface area contributed by atoms with E-state index in [0.29, 0.717) is 12.0 Å². The van der Waals surface area contributed by atoms with Crippen LogP contribution in [-0.4, -0.2) is 37.0 Å². The molecule has 0 spiro atoms.